The Morgan fingerprint density at radius 3 is 1.42 bits per heavy atom. The first-order valence-corrected chi connectivity index (χ1v) is 22.3. The Morgan fingerprint density at radius 2 is 0.828 bits per heavy atom. The molecule has 0 N–H and O–H groups in total. The van der Waals surface area contributed by atoms with Gasteiger partial charge in [0, 0.05) is 44.3 Å². The van der Waals surface area contributed by atoms with Gasteiger partial charge >= 0.3 is 0 Å². The molecule has 11 aromatic carbocycles. The van der Waals surface area contributed by atoms with Crippen LogP contribution in [-0.4, -0.2) is 0 Å². The van der Waals surface area contributed by atoms with E-state index in [1.54, 1.807) is 0 Å². The minimum atomic E-state index is 0.430. The number of nitrogens with zero attached hydrogens (tertiary/aromatic N) is 2. The lowest BCUT2D eigenvalue weighted by atomic mass is 9.88. The molecule has 0 saturated heterocycles. The third kappa shape index (κ3) is 5.82. The first kappa shape index (κ1) is 36.5. The molecule has 0 bridgehead atoms. The fraction of sp³-hybridized carbons (Fsp3) is 0.0492. The Labute approximate surface area is 371 Å². The van der Waals surface area contributed by atoms with Gasteiger partial charge in [-0.1, -0.05) is 153 Å². The molecule has 0 saturated carbocycles. The van der Waals surface area contributed by atoms with Gasteiger partial charge in [0.15, 0.2) is 0 Å². The molecule has 1 aliphatic rings. The molecule has 3 heteroatoms. The van der Waals surface area contributed by atoms with E-state index in [1.165, 1.54) is 65.0 Å². The Bertz CT molecular complexity index is 3880. The van der Waals surface area contributed by atoms with Crippen LogP contribution in [0.25, 0.3) is 81.9 Å². The lowest BCUT2D eigenvalue weighted by Gasteiger charge is -2.29. The van der Waals surface area contributed by atoms with Crippen molar-refractivity contribution in [3.63, 3.8) is 0 Å². The van der Waals surface area contributed by atoms with E-state index in [2.05, 4.69) is 235 Å². The standard InChI is InChI=1S/C61H42N2O/c1-39-13-12-18-41-26-28-46(36-55(39)41)63(59-35-44-17-5-7-20-50(44)52-22-9-11-24-54(52)59)48-30-32-61-57(38-48)56-37-47(29-31-60(56)64-61)62(45-27-25-40-14-2-3-15-42(40)33-45)58-34-43-16-4-6-19-49(43)51-21-8-10-23-53(51)58/h2-12,14-39H,13H2,1H3. The van der Waals surface area contributed by atoms with Gasteiger partial charge in [-0.15, -0.1) is 0 Å². The van der Waals surface area contributed by atoms with Gasteiger partial charge in [-0.3, -0.25) is 0 Å². The van der Waals surface area contributed by atoms with Gasteiger partial charge in [0.25, 0.3) is 0 Å². The number of anilines is 6. The zero-order valence-corrected chi connectivity index (χ0v) is 35.4. The third-order valence-corrected chi connectivity index (χ3v) is 13.6. The maximum absolute atomic E-state index is 6.70. The second-order valence-electron chi connectivity index (χ2n) is 17.3. The highest BCUT2D eigenvalue weighted by Crippen LogP contribution is 2.47. The van der Waals surface area contributed by atoms with Crippen molar-refractivity contribution < 1.29 is 4.42 Å². The molecule has 12 aromatic rings. The Morgan fingerprint density at radius 1 is 0.375 bits per heavy atom. The Hall–Kier alpha value is -8.14. The van der Waals surface area contributed by atoms with Crippen LogP contribution in [0, 0.1) is 0 Å². The first-order valence-electron chi connectivity index (χ1n) is 22.3. The summed E-state index contributed by atoms with van der Waals surface area (Å²) >= 11 is 0. The van der Waals surface area contributed by atoms with Gasteiger partial charge in [-0.05, 0) is 139 Å². The molecule has 1 aliphatic carbocycles. The van der Waals surface area contributed by atoms with Crippen LogP contribution in [0.2, 0.25) is 0 Å². The van der Waals surface area contributed by atoms with E-state index in [4.69, 9.17) is 4.42 Å². The molecular weight excluding hydrogens is 777 g/mol. The predicted molar refractivity (Wildman–Crippen MR) is 273 cm³/mol. The summed E-state index contributed by atoms with van der Waals surface area (Å²) in [7, 11) is 0. The summed E-state index contributed by atoms with van der Waals surface area (Å²) in [5.74, 6) is 0.430. The van der Waals surface area contributed by atoms with E-state index in [0.29, 0.717) is 5.92 Å². The van der Waals surface area contributed by atoms with Crippen molar-refractivity contribution in [2.75, 3.05) is 9.80 Å². The quantitative estimate of drug-likeness (QED) is 0.156. The summed E-state index contributed by atoms with van der Waals surface area (Å²) in [6.45, 7) is 2.34. The summed E-state index contributed by atoms with van der Waals surface area (Å²) in [5, 5.41) is 14.3. The van der Waals surface area contributed by atoms with Crippen LogP contribution in [0.15, 0.2) is 217 Å². The zero-order chi connectivity index (χ0) is 42.3. The summed E-state index contributed by atoms with van der Waals surface area (Å²) in [4.78, 5) is 4.89. The highest BCUT2D eigenvalue weighted by Gasteiger charge is 2.23. The Kier molecular flexibility index (Phi) is 8.26. The smallest absolute Gasteiger partial charge is 0.135 e. The molecular formula is C61H42N2O. The van der Waals surface area contributed by atoms with E-state index in [0.717, 1.165) is 62.5 Å². The van der Waals surface area contributed by atoms with Crippen molar-refractivity contribution in [3.05, 3.63) is 223 Å². The van der Waals surface area contributed by atoms with Crippen LogP contribution in [0.3, 0.4) is 0 Å². The molecule has 302 valence electrons. The first-order chi connectivity index (χ1) is 31.6. The number of fused-ring (bicyclic) bond motifs is 11. The number of hydrogen-bond acceptors (Lipinski definition) is 3. The maximum atomic E-state index is 6.70. The molecule has 3 nitrogen and oxygen atoms in total. The normalized spacial score (nSPS) is 13.7. The average molecular weight is 819 g/mol. The monoisotopic (exact) mass is 818 g/mol. The van der Waals surface area contributed by atoms with Crippen LogP contribution < -0.4 is 9.80 Å². The van der Waals surface area contributed by atoms with Crippen LogP contribution in [-0.2, 0) is 0 Å². The van der Waals surface area contributed by atoms with E-state index in [9.17, 15) is 0 Å². The SMILES string of the molecule is CC1CC=Cc2ccc(N(c3ccc4oc5ccc(N(c6ccc7ccccc7c6)c6cc7ccccc7c7ccccc67)cc5c4c3)c3cc4ccccc4c4ccccc34)cc21. The second-order valence-corrected chi connectivity index (χ2v) is 17.3. The number of benzene rings is 11. The van der Waals surface area contributed by atoms with Gasteiger partial charge in [0.05, 0.1) is 11.4 Å². The molecule has 13 rings (SSSR count). The van der Waals surface area contributed by atoms with Crippen molar-refractivity contribution in [2.24, 2.45) is 0 Å². The summed E-state index contributed by atoms with van der Waals surface area (Å²) in [5.41, 5.74) is 11.0. The summed E-state index contributed by atoms with van der Waals surface area (Å²) < 4.78 is 6.70. The molecule has 0 radical (unpaired) electrons. The second kappa shape index (κ2) is 14.5. The summed E-state index contributed by atoms with van der Waals surface area (Å²) in [6.07, 6.45) is 5.62. The molecule has 1 unspecified atom stereocenters. The predicted octanol–water partition coefficient (Wildman–Crippen LogP) is 17.8. The minimum absolute atomic E-state index is 0.430. The van der Waals surface area contributed by atoms with Gasteiger partial charge in [-0.2, -0.15) is 0 Å². The van der Waals surface area contributed by atoms with E-state index in [-0.39, 0.29) is 0 Å². The molecule has 0 fully saturated rings. The number of furan rings is 1. The molecule has 1 heterocycles. The van der Waals surface area contributed by atoms with E-state index >= 15 is 0 Å². The molecule has 1 atom stereocenters. The molecule has 64 heavy (non-hydrogen) atoms. The fourth-order valence-corrected chi connectivity index (χ4v) is 10.4. The van der Waals surface area contributed by atoms with Crippen LogP contribution in [0.1, 0.15) is 30.4 Å². The molecule has 1 aromatic heterocycles. The molecule has 0 aliphatic heterocycles. The van der Waals surface area contributed by atoms with E-state index in [1.807, 2.05) is 0 Å². The number of hydrogen-bond donors (Lipinski definition) is 0. The fourth-order valence-electron chi connectivity index (χ4n) is 10.4. The van der Waals surface area contributed by atoms with Crippen molar-refractivity contribution in [1.82, 2.24) is 0 Å². The van der Waals surface area contributed by atoms with Crippen LogP contribution >= 0.6 is 0 Å². The molecule has 0 amide bonds. The maximum Gasteiger partial charge on any atom is 0.135 e. The van der Waals surface area contributed by atoms with Gasteiger partial charge in [-0.25, -0.2) is 0 Å². The third-order valence-electron chi connectivity index (χ3n) is 13.6. The van der Waals surface area contributed by atoms with Crippen LogP contribution in [0.5, 0.6) is 0 Å². The van der Waals surface area contributed by atoms with Crippen molar-refractivity contribution in [1.29, 1.82) is 0 Å². The zero-order valence-electron chi connectivity index (χ0n) is 35.4. The van der Waals surface area contributed by atoms with Gasteiger partial charge in [0.1, 0.15) is 11.2 Å². The van der Waals surface area contributed by atoms with Gasteiger partial charge in [0.2, 0.25) is 0 Å². The van der Waals surface area contributed by atoms with Crippen molar-refractivity contribution in [3.8, 4) is 0 Å². The average Bonchev–Trinajstić information content (AvgIpc) is 3.72. The Balaban J connectivity index is 1.05. The highest BCUT2D eigenvalue weighted by molar-refractivity contribution is 6.17. The van der Waals surface area contributed by atoms with E-state index < -0.39 is 0 Å². The lowest BCUT2D eigenvalue weighted by molar-refractivity contribution is 0.669. The number of rotatable bonds is 6. The molecule has 0 spiro atoms. The number of allylic oxidation sites excluding steroid dienone is 1. The van der Waals surface area contributed by atoms with Crippen molar-refractivity contribution >= 4 is 116 Å². The van der Waals surface area contributed by atoms with Crippen LogP contribution in [0.4, 0.5) is 34.1 Å². The highest BCUT2D eigenvalue weighted by atomic mass is 16.3. The van der Waals surface area contributed by atoms with Crippen molar-refractivity contribution in [2.45, 2.75) is 19.3 Å². The largest absolute Gasteiger partial charge is 0.456 e. The lowest BCUT2D eigenvalue weighted by Crippen LogP contribution is -2.12. The summed E-state index contributed by atoms with van der Waals surface area (Å²) in [6, 6.07) is 75.6. The topological polar surface area (TPSA) is 19.6 Å². The minimum Gasteiger partial charge on any atom is -0.456 e. The van der Waals surface area contributed by atoms with Gasteiger partial charge < -0.3 is 14.2 Å².